The van der Waals surface area contributed by atoms with Gasteiger partial charge in [-0.2, -0.15) is 0 Å². The van der Waals surface area contributed by atoms with Gasteiger partial charge < -0.3 is 15.2 Å². The fourth-order valence-electron chi connectivity index (χ4n) is 1.54. The maximum atomic E-state index is 11.6. The second-order valence-electron chi connectivity index (χ2n) is 4.62. The number of aliphatic carboxylic acids is 1. The number of rotatable bonds is 6. The molecule has 0 fully saturated rings. The Bertz CT molecular complexity index is 457. The number of carbonyl (C=O) groups is 2. The van der Waals surface area contributed by atoms with Crippen LogP contribution in [0.2, 0.25) is 0 Å². The lowest BCUT2D eigenvalue weighted by molar-refractivity contribution is -0.141. The monoisotopic (exact) mass is 265 g/mol. The van der Waals surface area contributed by atoms with E-state index >= 15 is 0 Å². The molecule has 0 saturated heterocycles. The van der Waals surface area contributed by atoms with Gasteiger partial charge in [-0.3, -0.25) is 9.59 Å². The Labute approximate surface area is 112 Å². The molecule has 0 unspecified atom stereocenters. The van der Waals surface area contributed by atoms with Gasteiger partial charge in [-0.1, -0.05) is 12.1 Å². The van der Waals surface area contributed by atoms with Crippen molar-refractivity contribution in [1.82, 2.24) is 5.32 Å². The second-order valence-corrected chi connectivity index (χ2v) is 4.62. The minimum Gasteiger partial charge on any atom is -0.491 e. The Kier molecular flexibility index (Phi) is 5.36. The van der Waals surface area contributed by atoms with Crippen molar-refractivity contribution in [3.63, 3.8) is 0 Å². The van der Waals surface area contributed by atoms with E-state index in [0.717, 1.165) is 5.56 Å². The van der Waals surface area contributed by atoms with Crippen LogP contribution < -0.4 is 10.1 Å². The quantitative estimate of drug-likeness (QED) is 0.819. The summed E-state index contributed by atoms with van der Waals surface area (Å²) >= 11 is 0. The van der Waals surface area contributed by atoms with Crippen LogP contribution in [0.3, 0.4) is 0 Å². The molecule has 1 aromatic rings. The van der Waals surface area contributed by atoms with Gasteiger partial charge in [0, 0.05) is 0 Å². The van der Waals surface area contributed by atoms with E-state index in [2.05, 4.69) is 5.32 Å². The van der Waals surface area contributed by atoms with Crippen molar-refractivity contribution in [2.45, 2.75) is 39.3 Å². The highest BCUT2D eigenvalue weighted by atomic mass is 16.5. The number of carboxylic acids is 1. The van der Waals surface area contributed by atoms with Gasteiger partial charge in [0.15, 0.2) is 0 Å². The van der Waals surface area contributed by atoms with Crippen LogP contribution in [0.25, 0.3) is 0 Å². The first kappa shape index (κ1) is 15.0. The summed E-state index contributed by atoms with van der Waals surface area (Å²) < 4.78 is 5.53. The average Bonchev–Trinajstić information content (AvgIpc) is 2.27. The Morgan fingerprint density at radius 2 is 2.00 bits per heavy atom. The lowest BCUT2D eigenvalue weighted by atomic mass is 10.1. The van der Waals surface area contributed by atoms with Gasteiger partial charge >= 0.3 is 5.97 Å². The van der Waals surface area contributed by atoms with Gasteiger partial charge in [0.2, 0.25) is 5.91 Å². The summed E-state index contributed by atoms with van der Waals surface area (Å²) in [4.78, 5) is 22.3. The number of nitrogens with one attached hydrogen (secondary N) is 1. The van der Waals surface area contributed by atoms with E-state index in [-0.39, 0.29) is 18.4 Å². The normalized spacial score (nSPS) is 12.0. The third kappa shape index (κ3) is 5.42. The van der Waals surface area contributed by atoms with Gasteiger partial charge in [0.05, 0.1) is 12.5 Å². The van der Waals surface area contributed by atoms with E-state index < -0.39 is 12.0 Å². The largest absolute Gasteiger partial charge is 0.491 e. The predicted molar refractivity (Wildman–Crippen MR) is 71.2 cm³/mol. The summed E-state index contributed by atoms with van der Waals surface area (Å²) in [5, 5.41) is 11.1. The van der Waals surface area contributed by atoms with Crippen LogP contribution in [-0.4, -0.2) is 29.1 Å². The number of benzene rings is 1. The van der Waals surface area contributed by atoms with Crippen LogP contribution >= 0.6 is 0 Å². The minimum absolute atomic E-state index is 0.0658. The van der Waals surface area contributed by atoms with Crippen molar-refractivity contribution >= 4 is 11.9 Å². The first-order chi connectivity index (χ1) is 8.88. The van der Waals surface area contributed by atoms with Crippen molar-refractivity contribution in [2.24, 2.45) is 0 Å². The molecule has 0 aliphatic carbocycles. The van der Waals surface area contributed by atoms with E-state index in [0.29, 0.717) is 5.75 Å². The number of hydrogen-bond acceptors (Lipinski definition) is 3. The topological polar surface area (TPSA) is 75.6 Å². The number of carbonyl (C=O) groups excluding carboxylic acids is 1. The summed E-state index contributed by atoms with van der Waals surface area (Å²) in [5.41, 5.74) is 0.785. The van der Waals surface area contributed by atoms with Gasteiger partial charge in [-0.25, -0.2) is 0 Å². The lowest BCUT2D eigenvalue weighted by Gasteiger charge is -2.12. The zero-order valence-corrected chi connectivity index (χ0v) is 11.3. The molecule has 0 radical (unpaired) electrons. The standard InChI is InChI=1S/C14H19NO4/c1-9(2)19-12-6-4-5-11(7-12)8-13(16)15-10(3)14(17)18/h4-7,9-10H,8H2,1-3H3,(H,15,16)(H,17,18)/t10-/m1/s1. The molecule has 0 aliphatic heterocycles. The summed E-state index contributed by atoms with van der Waals surface area (Å²) in [7, 11) is 0. The first-order valence-electron chi connectivity index (χ1n) is 6.16. The van der Waals surface area contributed by atoms with Gasteiger partial charge in [-0.05, 0) is 38.5 Å². The van der Waals surface area contributed by atoms with Gasteiger partial charge in [0.25, 0.3) is 0 Å². The molecule has 0 bridgehead atoms. The zero-order chi connectivity index (χ0) is 14.4. The second kappa shape index (κ2) is 6.78. The molecule has 5 nitrogen and oxygen atoms in total. The molecule has 0 aliphatic rings. The molecule has 104 valence electrons. The molecule has 0 heterocycles. The minimum atomic E-state index is -1.05. The van der Waals surface area contributed by atoms with Gasteiger partial charge in [-0.15, -0.1) is 0 Å². The highest BCUT2D eigenvalue weighted by Gasteiger charge is 2.14. The van der Waals surface area contributed by atoms with Crippen LogP contribution in [0, 0.1) is 0 Å². The molecule has 0 aromatic heterocycles. The Balaban J connectivity index is 2.61. The Morgan fingerprint density at radius 3 is 2.58 bits per heavy atom. The molecule has 1 atom stereocenters. The predicted octanol–water partition coefficient (Wildman–Crippen LogP) is 1.61. The lowest BCUT2D eigenvalue weighted by Crippen LogP contribution is -2.39. The molecular weight excluding hydrogens is 246 g/mol. The van der Waals surface area contributed by atoms with E-state index in [1.54, 1.807) is 18.2 Å². The van der Waals surface area contributed by atoms with Crippen molar-refractivity contribution < 1.29 is 19.4 Å². The molecule has 0 spiro atoms. The summed E-state index contributed by atoms with van der Waals surface area (Å²) in [6, 6.07) is 6.33. The Morgan fingerprint density at radius 1 is 1.32 bits per heavy atom. The molecule has 1 amide bonds. The molecule has 2 N–H and O–H groups in total. The van der Waals surface area contributed by atoms with Crippen LogP contribution in [0.15, 0.2) is 24.3 Å². The fraction of sp³-hybridized carbons (Fsp3) is 0.429. The van der Waals surface area contributed by atoms with Crippen molar-refractivity contribution in [1.29, 1.82) is 0 Å². The highest BCUT2D eigenvalue weighted by Crippen LogP contribution is 2.15. The molecular formula is C14H19NO4. The third-order valence-corrected chi connectivity index (χ3v) is 2.38. The number of hydrogen-bond donors (Lipinski definition) is 2. The maximum Gasteiger partial charge on any atom is 0.325 e. The van der Waals surface area contributed by atoms with Crippen LogP contribution in [-0.2, 0) is 16.0 Å². The molecule has 19 heavy (non-hydrogen) atoms. The molecule has 5 heteroatoms. The van der Waals surface area contributed by atoms with E-state index in [1.165, 1.54) is 6.92 Å². The van der Waals surface area contributed by atoms with E-state index in [9.17, 15) is 9.59 Å². The van der Waals surface area contributed by atoms with Crippen LogP contribution in [0.4, 0.5) is 0 Å². The zero-order valence-electron chi connectivity index (χ0n) is 11.3. The SMILES string of the molecule is CC(C)Oc1cccc(CC(=O)N[C@H](C)C(=O)O)c1. The average molecular weight is 265 g/mol. The molecule has 1 rings (SSSR count). The van der Waals surface area contributed by atoms with Crippen molar-refractivity contribution in [3.05, 3.63) is 29.8 Å². The van der Waals surface area contributed by atoms with Crippen LogP contribution in [0.5, 0.6) is 5.75 Å². The molecule has 1 aromatic carbocycles. The highest BCUT2D eigenvalue weighted by molar-refractivity contribution is 5.84. The third-order valence-electron chi connectivity index (χ3n) is 2.38. The van der Waals surface area contributed by atoms with Gasteiger partial charge in [0.1, 0.15) is 11.8 Å². The van der Waals surface area contributed by atoms with Crippen molar-refractivity contribution in [2.75, 3.05) is 0 Å². The maximum absolute atomic E-state index is 11.6. The summed E-state index contributed by atoms with van der Waals surface area (Å²) in [6.07, 6.45) is 0.198. The summed E-state index contributed by atoms with van der Waals surface area (Å²) in [5.74, 6) is -0.673. The van der Waals surface area contributed by atoms with Crippen LogP contribution in [0.1, 0.15) is 26.3 Å². The number of amides is 1. The smallest absolute Gasteiger partial charge is 0.325 e. The fourth-order valence-corrected chi connectivity index (χ4v) is 1.54. The molecule has 0 saturated carbocycles. The van der Waals surface area contributed by atoms with Crippen molar-refractivity contribution in [3.8, 4) is 5.75 Å². The van der Waals surface area contributed by atoms with E-state index in [4.69, 9.17) is 9.84 Å². The number of carboxylic acid groups (broad SMARTS) is 1. The summed E-state index contributed by atoms with van der Waals surface area (Å²) in [6.45, 7) is 5.28. The Hall–Kier alpha value is -2.04. The first-order valence-corrected chi connectivity index (χ1v) is 6.16. The number of ether oxygens (including phenoxy) is 1. The van der Waals surface area contributed by atoms with E-state index in [1.807, 2.05) is 19.9 Å².